The van der Waals surface area contributed by atoms with E-state index in [0.29, 0.717) is 19.4 Å². The molecule has 0 radical (unpaired) electrons. The molecule has 92 valence electrons. The third kappa shape index (κ3) is 4.68. The lowest BCUT2D eigenvalue weighted by Crippen LogP contribution is -2.24. The van der Waals surface area contributed by atoms with Crippen molar-refractivity contribution in [2.45, 2.75) is 26.7 Å². The van der Waals surface area contributed by atoms with Crippen LogP contribution in [0.3, 0.4) is 0 Å². The molecule has 0 aromatic heterocycles. The van der Waals surface area contributed by atoms with Gasteiger partial charge in [-0.2, -0.15) is 0 Å². The predicted octanol–water partition coefficient (Wildman–Crippen LogP) is 1.71. The number of nitrogens with one attached hydrogen (secondary N) is 2. The zero-order chi connectivity index (χ0) is 12.7. The number of carbonyl (C=O) groups is 2. The number of hydrogen-bond acceptors (Lipinski definition) is 2. The van der Waals surface area contributed by atoms with Gasteiger partial charge in [0.1, 0.15) is 0 Å². The highest BCUT2D eigenvalue weighted by Gasteiger charge is 2.02. The van der Waals surface area contributed by atoms with E-state index in [1.165, 1.54) is 0 Å². The minimum absolute atomic E-state index is 0.0119. The molecular formula is C13H18N2O2. The molecule has 1 rings (SSSR count). The molecule has 4 heteroatoms. The van der Waals surface area contributed by atoms with Crippen LogP contribution in [0.5, 0.6) is 0 Å². The Hall–Kier alpha value is -1.84. The zero-order valence-corrected chi connectivity index (χ0v) is 10.2. The van der Waals surface area contributed by atoms with E-state index in [0.717, 1.165) is 11.3 Å². The molecule has 1 aromatic rings. The van der Waals surface area contributed by atoms with Gasteiger partial charge in [0, 0.05) is 18.7 Å². The Labute approximate surface area is 101 Å². The second kappa shape index (κ2) is 6.68. The fraction of sp³-hybridized carbons (Fsp3) is 0.385. The van der Waals surface area contributed by atoms with E-state index in [9.17, 15) is 9.59 Å². The largest absolute Gasteiger partial charge is 0.356 e. The summed E-state index contributed by atoms with van der Waals surface area (Å²) in [6.45, 7) is 4.34. The number of benzene rings is 1. The monoisotopic (exact) mass is 234 g/mol. The molecule has 0 saturated carbocycles. The molecule has 0 fully saturated rings. The lowest BCUT2D eigenvalue weighted by molar-refractivity contribution is -0.120. The van der Waals surface area contributed by atoms with Crippen molar-refractivity contribution in [3.8, 4) is 0 Å². The second-order valence-corrected chi connectivity index (χ2v) is 3.73. The standard InChI is InChI=1S/C13H18N2O2/c1-3-12(16)15-11-7-5-10(6-8-11)9-13(17)14-4-2/h5-8H,3-4,9H2,1-2H3,(H,14,17)(H,15,16). The average Bonchev–Trinajstić information content (AvgIpc) is 2.32. The first-order chi connectivity index (χ1) is 8.15. The van der Waals surface area contributed by atoms with Crippen molar-refractivity contribution >= 4 is 17.5 Å². The molecule has 2 amide bonds. The topological polar surface area (TPSA) is 58.2 Å². The van der Waals surface area contributed by atoms with Crippen LogP contribution in [0.1, 0.15) is 25.8 Å². The number of rotatable bonds is 5. The Morgan fingerprint density at radius 2 is 1.71 bits per heavy atom. The van der Waals surface area contributed by atoms with Crippen molar-refractivity contribution in [3.63, 3.8) is 0 Å². The van der Waals surface area contributed by atoms with Gasteiger partial charge in [-0.05, 0) is 24.6 Å². The summed E-state index contributed by atoms with van der Waals surface area (Å²) in [5.41, 5.74) is 1.70. The Kier molecular flexibility index (Phi) is 5.20. The predicted molar refractivity (Wildman–Crippen MR) is 67.8 cm³/mol. The van der Waals surface area contributed by atoms with Gasteiger partial charge in [0.25, 0.3) is 0 Å². The maximum atomic E-state index is 11.3. The average molecular weight is 234 g/mol. The lowest BCUT2D eigenvalue weighted by atomic mass is 10.1. The van der Waals surface area contributed by atoms with Crippen molar-refractivity contribution in [1.29, 1.82) is 0 Å². The number of carbonyl (C=O) groups excluding carboxylic acids is 2. The Bertz CT molecular complexity index is 385. The number of hydrogen-bond donors (Lipinski definition) is 2. The normalized spacial score (nSPS) is 9.76. The van der Waals surface area contributed by atoms with Crippen molar-refractivity contribution in [2.24, 2.45) is 0 Å². The molecular weight excluding hydrogens is 216 g/mol. The molecule has 0 heterocycles. The van der Waals surface area contributed by atoms with Gasteiger partial charge in [-0.1, -0.05) is 19.1 Å². The highest BCUT2D eigenvalue weighted by atomic mass is 16.2. The quantitative estimate of drug-likeness (QED) is 0.815. The summed E-state index contributed by atoms with van der Waals surface area (Å²) in [5, 5.41) is 5.50. The third-order valence-electron chi connectivity index (χ3n) is 2.30. The minimum Gasteiger partial charge on any atom is -0.356 e. The Morgan fingerprint density at radius 1 is 1.06 bits per heavy atom. The van der Waals surface area contributed by atoms with Crippen molar-refractivity contribution < 1.29 is 9.59 Å². The second-order valence-electron chi connectivity index (χ2n) is 3.73. The first-order valence-electron chi connectivity index (χ1n) is 5.81. The van der Waals surface area contributed by atoms with Crippen LogP contribution in [0.25, 0.3) is 0 Å². The van der Waals surface area contributed by atoms with Crippen LogP contribution in [0.2, 0.25) is 0 Å². The fourth-order valence-corrected chi connectivity index (χ4v) is 1.40. The van der Waals surface area contributed by atoms with E-state index in [4.69, 9.17) is 0 Å². The maximum absolute atomic E-state index is 11.3. The van der Waals surface area contributed by atoms with Crippen LogP contribution in [0, 0.1) is 0 Å². The smallest absolute Gasteiger partial charge is 0.224 e. The molecule has 17 heavy (non-hydrogen) atoms. The minimum atomic E-state index is -0.0125. The summed E-state index contributed by atoms with van der Waals surface area (Å²) >= 11 is 0. The molecule has 0 atom stereocenters. The van der Waals surface area contributed by atoms with E-state index < -0.39 is 0 Å². The van der Waals surface area contributed by atoms with E-state index in [-0.39, 0.29) is 11.8 Å². The fourth-order valence-electron chi connectivity index (χ4n) is 1.40. The summed E-state index contributed by atoms with van der Waals surface area (Å²) in [6.07, 6.45) is 0.830. The van der Waals surface area contributed by atoms with Crippen LogP contribution in [0.15, 0.2) is 24.3 Å². The molecule has 0 aliphatic carbocycles. The van der Waals surface area contributed by atoms with Crippen LogP contribution in [-0.2, 0) is 16.0 Å². The molecule has 1 aromatic carbocycles. The summed E-state index contributed by atoms with van der Waals surface area (Å²) in [6, 6.07) is 7.31. The number of likely N-dealkylation sites (N-methyl/N-ethyl adjacent to an activating group) is 1. The summed E-state index contributed by atoms with van der Waals surface area (Å²) < 4.78 is 0. The molecule has 0 aliphatic heterocycles. The maximum Gasteiger partial charge on any atom is 0.224 e. The first-order valence-corrected chi connectivity index (χ1v) is 5.81. The van der Waals surface area contributed by atoms with Gasteiger partial charge in [-0.15, -0.1) is 0 Å². The molecule has 0 bridgehead atoms. The van der Waals surface area contributed by atoms with Crippen molar-refractivity contribution in [3.05, 3.63) is 29.8 Å². The van der Waals surface area contributed by atoms with Gasteiger partial charge >= 0.3 is 0 Å². The van der Waals surface area contributed by atoms with Crippen LogP contribution >= 0.6 is 0 Å². The van der Waals surface area contributed by atoms with Gasteiger partial charge < -0.3 is 10.6 Å². The first kappa shape index (κ1) is 13.2. The van der Waals surface area contributed by atoms with E-state index in [2.05, 4.69) is 10.6 Å². The zero-order valence-electron chi connectivity index (χ0n) is 10.2. The molecule has 0 aliphatic rings. The van der Waals surface area contributed by atoms with Gasteiger partial charge in [0.2, 0.25) is 11.8 Å². The van der Waals surface area contributed by atoms with Gasteiger partial charge in [-0.3, -0.25) is 9.59 Å². The molecule has 4 nitrogen and oxygen atoms in total. The van der Waals surface area contributed by atoms with Crippen molar-refractivity contribution in [1.82, 2.24) is 5.32 Å². The van der Waals surface area contributed by atoms with E-state index in [1.54, 1.807) is 6.92 Å². The van der Waals surface area contributed by atoms with Crippen molar-refractivity contribution in [2.75, 3.05) is 11.9 Å². The van der Waals surface area contributed by atoms with Gasteiger partial charge in [0.15, 0.2) is 0 Å². The van der Waals surface area contributed by atoms with Crippen LogP contribution < -0.4 is 10.6 Å². The highest BCUT2D eigenvalue weighted by molar-refractivity contribution is 5.90. The van der Waals surface area contributed by atoms with E-state index in [1.807, 2.05) is 31.2 Å². The summed E-state index contributed by atoms with van der Waals surface area (Å²) in [4.78, 5) is 22.5. The third-order valence-corrected chi connectivity index (χ3v) is 2.30. The Morgan fingerprint density at radius 3 is 2.24 bits per heavy atom. The highest BCUT2D eigenvalue weighted by Crippen LogP contribution is 2.10. The van der Waals surface area contributed by atoms with Gasteiger partial charge in [-0.25, -0.2) is 0 Å². The molecule has 0 spiro atoms. The summed E-state index contributed by atoms with van der Waals surface area (Å²) in [7, 11) is 0. The molecule has 2 N–H and O–H groups in total. The van der Waals surface area contributed by atoms with E-state index >= 15 is 0 Å². The SMILES string of the molecule is CCNC(=O)Cc1ccc(NC(=O)CC)cc1. The van der Waals surface area contributed by atoms with Crippen LogP contribution in [-0.4, -0.2) is 18.4 Å². The Balaban J connectivity index is 2.55. The summed E-state index contributed by atoms with van der Waals surface area (Å²) in [5.74, 6) is -0.000630. The number of anilines is 1. The van der Waals surface area contributed by atoms with Gasteiger partial charge in [0.05, 0.1) is 6.42 Å². The van der Waals surface area contributed by atoms with Crippen LogP contribution in [0.4, 0.5) is 5.69 Å². The number of amides is 2. The lowest BCUT2D eigenvalue weighted by Gasteiger charge is -2.05. The molecule has 0 saturated heterocycles. The molecule has 0 unspecified atom stereocenters.